The van der Waals surface area contributed by atoms with E-state index >= 15 is 0 Å². The minimum absolute atomic E-state index is 0.619. The van der Waals surface area contributed by atoms with Crippen LogP contribution in [0, 0.1) is 0 Å². The fraction of sp³-hybridized carbons (Fsp3) is 0. The minimum Gasteiger partial charge on any atom is -0.361 e. The number of pyridine rings is 1. The molecule has 2 aromatic carbocycles. The summed E-state index contributed by atoms with van der Waals surface area (Å²) in [5, 5.41) is 1.85. The predicted molar refractivity (Wildman–Crippen MR) is 105 cm³/mol. The summed E-state index contributed by atoms with van der Waals surface area (Å²) < 4.78 is 0. The molecule has 26 heavy (non-hydrogen) atoms. The quantitative estimate of drug-likeness (QED) is 0.454. The Kier molecular flexibility index (Phi) is 3.43. The monoisotopic (exact) mass is 356 g/mol. The van der Waals surface area contributed by atoms with E-state index in [1.807, 2.05) is 42.7 Å². The lowest BCUT2D eigenvalue weighted by Gasteiger charge is -2.05. The van der Waals surface area contributed by atoms with Crippen LogP contribution in [-0.2, 0) is 0 Å². The first-order chi connectivity index (χ1) is 12.8. The molecular formula is C21H13ClN4. The van der Waals surface area contributed by atoms with Gasteiger partial charge in [0.2, 0.25) is 0 Å². The molecule has 5 aromatic rings. The lowest BCUT2D eigenvalue weighted by atomic mass is 10.1. The second kappa shape index (κ2) is 5.93. The molecular weight excluding hydrogens is 344 g/mol. The SMILES string of the molecule is Clc1cccc(-c2cnc3cc(-c4ccc5[nH]ccc5c4)cnc3n2)c1. The molecule has 0 unspecified atom stereocenters. The number of nitrogens with zero attached hydrogens (tertiary/aromatic N) is 3. The van der Waals surface area contributed by atoms with Gasteiger partial charge in [0.1, 0.15) is 5.52 Å². The summed E-state index contributed by atoms with van der Waals surface area (Å²) in [4.78, 5) is 16.9. The zero-order valence-corrected chi connectivity index (χ0v) is 14.4. The van der Waals surface area contributed by atoms with Crippen LogP contribution >= 0.6 is 11.6 Å². The summed E-state index contributed by atoms with van der Waals surface area (Å²) >= 11 is 6.07. The van der Waals surface area contributed by atoms with E-state index < -0.39 is 0 Å². The Bertz CT molecular complexity index is 1260. The van der Waals surface area contributed by atoms with Gasteiger partial charge in [-0.1, -0.05) is 29.8 Å². The van der Waals surface area contributed by atoms with Crippen LogP contribution in [0.1, 0.15) is 0 Å². The molecule has 0 aliphatic heterocycles. The average Bonchev–Trinajstić information content (AvgIpc) is 3.15. The Labute approximate surface area is 154 Å². The van der Waals surface area contributed by atoms with Crippen LogP contribution in [0.25, 0.3) is 44.5 Å². The summed E-state index contributed by atoms with van der Waals surface area (Å²) in [5.74, 6) is 0. The Morgan fingerprint density at radius 3 is 2.69 bits per heavy atom. The van der Waals surface area contributed by atoms with Crippen molar-refractivity contribution in [2.24, 2.45) is 0 Å². The number of fused-ring (bicyclic) bond motifs is 2. The van der Waals surface area contributed by atoms with Crippen LogP contribution in [0.4, 0.5) is 0 Å². The normalized spacial score (nSPS) is 11.3. The molecule has 0 saturated carbocycles. The third kappa shape index (κ3) is 2.61. The molecule has 3 aromatic heterocycles. The molecule has 4 nitrogen and oxygen atoms in total. The van der Waals surface area contributed by atoms with Crippen molar-refractivity contribution < 1.29 is 0 Å². The topological polar surface area (TPSA) is 54.5 Å². The first-order valence-electron chi connectivity index (χ1n) is 8.22. The average molecular weight is 357 g/mol. The molecule has 124 valence electrons. The highest BCUT2D eigenvalue weighted by atomic mass is 35.5. The largest absolute Gasteiger partial charge is 0.361 e. The van der Waals surface area contributed by atoms with Gasteiger partial charge in [0.15, 0.2) is 5.65 Å². The molecule has 3 heterocycles. The molecule has 0 saturated heterocycles. The highest BCUT2D eigenvalue weighted by molar-refractivity contribution is 6.30. The third-order valence-electron chi connectivity index (χ3n) is 4.41. The summed E-state index contributed by atoms with van der Waals surface area (Å²) in [5.41, 5.74) is 6.31. The molecule has 0 aliphatic carbocycles. The van der Waals surface area contributed by atoms with Crippen molar-refractivity contribution in [2.75, 3.05) is 0 Å². The van der Waals surface area contributed by atoms with E-state index in [2.05, 4.69) is 44.2 Å². The highest BCUT2D eigenvalue weighted by Gasteiger charge is 2.07. The van der Waals surface area contributed by atoms with Crippen LogP contribution in [0.15, 0.2) is 73.2 Å². The molecule has 5 rings (SSSR count). The van der Waals surface area contributed by atoms with Gasteiger partial charge in [0, 0.05) is 34.1 Å². The zero-order valence-electron chi connectivity index (χ0n) is 13.6. The second-order valence-corrected chi connectivity index (χ2v) is 6.55. The van der Waals surface area contributed by atoms with Gasteiger partial charge in [-0.15, -0.1) is 0 Å². The number of H-pyrrole nitrogens is 1. The molecule has 0 amide bonds. The van der Waals surface area contributed by atoms with Crippen molar-refractivity contribution in [3.05, 3.63) is 78.2 Å². The van der Waals surface area contributed by atoms with Crippen LogP contribution in [0.2, 0.25) is 5.02 Å². The maximum atomic E-state index is 6.07. The molecule has 0 bridgehead atoms. The second-order valence-electron chi connectivity index (χ2n) is 6.11. The van der Waals surface area contributed by atoms with Gasteiger partial charge in [-0.2, -0.15) is 0 Å². The molecule has 1 N–H and O–H groups in total. The van der Waals surface area contributed by atoms with E-state index in [4.69, 9.17) is 11.6 Å². The molecule has 0 radical (unpaired) electrons. The van der Waals surface area contributed by atoms with Gasteiger partial charge in [-0.25, -0.2) is 9.97 Å². The molecule has 0 fully saturated rings. The van der Waals surface area contributed by atoms with Crippen molar-refractivity contribution in [2.45, 2.75) is 0 Å². The number of hydrogen-bond donors (Lipinski definition) is 1. The number of benzene rings is 2. The molecule has 5 heteroatoms. The first-order valence-corrected chi connectivity index (χ1v) is 8.60. The van der Waals surface area contributed by atoms with Gasteiger partial charge in [-0.3, -0.25) is 4.98 Å². The number of aromatic nitrogens is 4. The lowest BCUT2D eigenvalue weighted by molar-refractivity contribution is 1.23. The maximum absolute atomic E-state index is 6.07. The van der Waals surface area contributed by atoms with Crippen molar-refractivity contribution in [1.29, 1.82) is 0 Å². The number of hydrogen-bond acceptors (Lipinski definition) is 3. The smallest absolute Gasteiger partial charge is 0.178 e. The van der Waals surface area contributed by atoms with E-state index in [0.29, 0.717) is 10.7 Å². The van der Waals surface area contributed by atoms with Gasteiger partial charge in [-0.05, 0) is 47.3 Å². The van der Waals surface area contributed by atoms with Gasteiger partial charge in [0.05, 0.1) is 11.9 Å². The zero-order chi connectivity index (χ0) is 17.5. The van der Waals surface area contributed by atoms with Gasteiger partial charge >= 0.3 is 0 Å². The molecule has 0 aliphatic rings. The number of aromatic amines is 1. The van der Waals surface area contributed by atoms with Gasteiger partial charge < -0.3 is 4.98 Å². The van der Waals surface area contributed by atoms with E-state index in [-0.39, 0.29) is 0 Å². The third-order valence-corrected chi connectivity index (χ3v) is 4.64. The summed E-state index contributed by atoms with van der Waals surface area (Å²) in [6.07, 6.45) is 5.54. The minimum atomic E-state index is 0.619. The fourth-order valence-corrected chi connectivity index (χ4v) is 3.27. The van der Waals surface area contributed by atoms with Crippen LogP contribution in [0.5, 0.6) is 0 Å². The van der Waals surface area contributed by atoms with Crippen molar-refractivity contribution in [3.8, 4) is 22.4 Å². The summed E-state index contributed by atoms with van der Waals surface area (Å²) in [6, 6.07) is 17.9. The van der Waals surface area contributed by atoms with Gasteiger partial charge in [0.25, 0.3) is 0 Å². The van der Waals surface area contributed by atoms with Crippen LogP contribution in [0.3, 0.4) is 0 Å². The Balaban J connectivity index is 1.58. The number of nitrogens with one attached hydrogen (secondary N) is 1. The number of rotatable bonds is 2. The van der Waals surface area contributed by atoms with E-state index in [0.717, 1.165) is 33.4 Å². The first kappa shape index (κ1) is 15.0. The van der Waals surface area contributed by atoms with Crippen LogP contribution in [-0.4, -0.2) is 19.9 Å². The Morgan fingerprint density at radius 1 is 0.808 bits per heavy atom. The fourth-order valence-electron chi connectivity index (χ4n) is 3.08. The Hall–Kier alpha value is -3.24. The summed E-state index contributed by atoms with van der Waals surface area (Å²) in [6.45, 7) is 0. The maximum Gasteiger partial charge on any atom is 0.178 e. The molecule has 0 spiro atoms. The van der Waals surface area contributed by atoms with Crippen molar-refractivity contribution >= 4 is 33.7 Å². The highest BCUT2D eigenvalue weighted by Crippen LogP contribution is 2.26. The van der Waals surface area contributed by atoms with E-state index in [9.17, 15) is 0 Å². The lowest BCUT2D eigenvalue weighted by Crippen LogP contribution is -1.92. The van der Waals surface area contributed by atoms with E-state index in [1.165, 1.54) is 5.39 Å². The molecule has 0 atom stereocenters. The van der Waals surface area contributed by atoms with E-state index in [1.54, 1.807) is 6.20 Å². The van der Waals surface area contributed by atoms with Crippen LogP contribution < -0.4 is 0 Å². The van der Waals surface area contributed by atoms with Crippen molar-refractivity contribution in [3.63, 3.8) is 0 Å². The number of halogens is 1. The predicted octanol–water partition coefficient (Wildman–Crippen LogP) is 5.49. The Morgan fingerprint density at radius 2 is 1.77 bits per heavy atom. The standard InChI is InChI=1S/C21H13ClN4/c22-17-3-1-2-14(9-17)20-12-24-19-10-16(11-25-21(19)26-20)13-4-5-18-15(8-13)6-7-23-18/h1-12,23H. The van der Waals surface area contributed by atoms with Crippen molar-refractivity contribution in [1.82, 2.24) is 19.9 Å². The summed E-state index contributed by atoms with van der Waals surface area (Å²) in [7, 11) is 0.